The Morgan fingerprint density at radius 2 is 2.38 bits per heavy atom. The molecule has 1 rings (SSSR count). The van der Waals surface area contributed by atoms with Gasteiger partial charge < -0.3 is 10.8 Å². The predicted octanol–water partition coefficient (Wildman–Crippen LogP) is 1.81. The second kappa shape index (κ2) is 3.92. The van der Waals surface area contributed by atoms with E-state index in [2.05, 4.69) is 4.98 Å². The van der Waals surface area contributed by atoms with E-state index in [9.17, 15) is 5.11 Å². The zero-order valence-corrected chi connectivity index (χ0v) is 9.19. The lowest BCUT2D eigenvalue weighted by Gasteiger charge is -2.27. The highest BCUT2D eigenvalue weighted by molar-refractivity contribution is 7.10. The second-order valence-electron chi connectivity index (χ2n) is 3.60. The molecule has 3 N–H and O–H groups in total. The van der Waals surface area contributed by atoms with Crippen molar-refractivity contribution < 1.29 is 5.11 Å². The summed E-state index contributed by atoms with van der Waals surface area (Å²) in [7, 11) is 0. The van der Waals surface area contributed by atoms with Crippen molar-refractivity contribution in [2.75, 3.05) is 6.54 Å². The van der Waals surface area contributed by atoms with Gasteiger partial charge in [-0.05, 0) is 0 Å². The smallest absolute Gasteiger partial charge is 0.145 e. The number of hydrogen-bond donors (Lipinski definition) is 2. The molecule has 0 radical (unpaired) electrons. The van der Waals surface area contributed by atoms with Gasteiger partial charge in [-0.2, -0.15) is 0 Å². The van der Waals surface area contributed by atoms with Gasteiger partial charge in [-0.1, -0.05) is 25.4 Å². The molecule has 0 saturated carbocycles. The van der Waals surface area contributed by atoms with Gasteiger partial charge in [-0.3, -0.25) is 0 Å². The van der Waals surface area contributed by atoms with E-state index in [-0.39, 0.29) is 5.41 Å². The van der Waals surface area contributed by atoms with Crippen molar-refractivity contribution in [3.05, 3.63) is 15.5 Å². The third-order valence-corrected chi connectivity index (χ3v) is 3.36. The highest BCUT2D eigenvalue weighted by Gasteiger charge is 2.30. The highest BCUT2D eigenvalue weighted by Crippen LogP contribution is 2.37. The Morgan fingerprint density at radius 3 is 2.77 bits per heavy atom. The van der Waals surface area contributed by atoms with Gasteiger partial charge in [0.15, 0.2) is 0 Å². The predicted molar refractivity (Wildman–Crippen MR) is 54.9 cm³/mol. The van der Waals surface area contributed by atoms with E-state index in [1.54, 1.807) is 5.51 Å². The molecule has 3 nitrogen and oxygen atoms in total. The Balaban J connectivity index is 2.91. The normalized spacial score (nSPS) is 14.5. The summed E-state index contributed by atoms with van der Waals surface area (Å²) in [6.07, 6.45) is -0.641. The van der Waals surface area contributed by atoms with Crippen LogP contribution in [0.2, 0.25) is 5.15 Å². The molecule has 1 atom stereocenters. The highest BCUT2D eigenvalue weighted by atomic mass is 35.5. The standard InChI is InChI=1S/C8H13ClN2OS/c1-8(2,3-10)6(12)5-7(9)11-4-13-5/h4,6,12H,3,10H2,1-2H3. The van der Waals surface area contributed by atoms with Crippen LogP contribution in [0.5, 0.6) is 0 Å². The van der Waals surface area contributed by atoms with Crippen molar-refractivity contribution in [2.45, 2.75) is 20.0 Å². The summed E-state index contributed by atoms with van der Waals surface area (Å²) in [6, 6.07) is 0. The van der Waals surface area contributed by atoms with Gasteiger partial charge in [-0.25, -0.2) is 4.98 Å². The van der Waals surface area contributed by atoms with Gasteiger partial charge >= 0.3 is 0 Å². The molecule has 0 spiro atoms. The van der Waals surface area contributed by atoms with Crippen LogP contribution < -0.4 is 5.73 Å². The lowest BCUT2D eigenvalue weighted by atomic mass is 9.86. The van der Waals surface area contributed by atoms with Gasteiger partial charge in [0, 0.05) is 12.0 Å². The van der Waals surface area contributed by atoms with Crippen LogP contribution in [0.1, 0.15) is 24.8 Å². The molecular weight excluding hydrogens is 208 g/mol. The average molecular weight is 221 g/mol. The molecule has 1 heterocycles. The molecule has 0 aliphatic rings. The van der Waals surface area contributed by atoms with Crippen LogP contribution in [0.15, 0.2) is 5.51 Å². The average Bonchev–Trinajstić information content (AvgIpc) is 2.50. The molecule has 0 bridgehead atoms. The minimum atomic E-state index is -0.641. The number of nitrogens with zero attached hydrogens (tertiary/aromatic N) is 1. The zero-order chi connectivity index (χ0) is 10.1. The SMILES string of the molecule is CC(C)(CN)C(O)c1scnc1Cl. The minimum absolute atomic E-state index is 0.365. The summed E-state index contributed by atoms with van der Waals surface area (Å²) in [6.45, 7) is 4.20. The number of nitrogens with two attached hydrogens (primary N) is 1. The van der Waals surface area contributed by atoms with E-state index in [0.717, 1.165) is 0 Å². The monoisotopic (exact) mass is 220 g/mol. The zero-order valence-electron chi connectivity index (χ0n) is 7.62. The number of thiazole rings is 1. The molecule has 13 heavy (non-hydrogen) atoms. The molecule has 74 valence electrons. The molecule has 1 unspecified atom stereocenters. The van der Waals surface area contributed by atoms with Gasteiger partial charge in [0.25, 0.3) is 0 Å². The molecule has 0 aliphatic carbocycles. The summed E-state index contributed by atoms with van der Waals surface area (Å²) in [4.78, 5) is 4.56. The van der Waals surface area contributed by atoms with Crippen molar-refractivity contribution in [1.82, 2.24) is 4.98 Å². The van der Waals surface area contributed by atoms with Gasteiger partial charge in [0.2, 0.25) is 0 Å². The van der Waals surface area contributed by atoms with Crippen molar-refractivity contribution >= 4 is 22.9 Å². The van der Waals surface area contributed by atoms with E-state index >= 15 is 0 Å². The summed E-state index contributed by atoms with van der Waals surface area (Å²) in [5, 5.41) is 10.3. The quantitative estimate of drug-likeness (QED) is 0.817. The largest absolute Gasteiger partial charge is 0.387 e. The first kappa shape index (κ1) is 10.9. The molecule has 0 aliphatic heterocycles. The molecule has 0 aromatic carbocycles. The van der Waals surface area contributed by atoms with Crippen molar-refractivity contribution in [2.24, 2.45) is 11.1 Å². The number of rotatable bonds is 3. The molecule has 1 aromatic rings. The first-order valence-corrected chi connectivity index (χ1v) is 5.22. The maximum atomic E-state index is 9.92. The Kier molecular flexibility index (Phi) is 3.29. The van der Waals surface area contributed by atoms with Crippen molar-refractivity contribution in [3.8, 4) is 0 Å². The Labute approximate surface area is 86.6 Å². The van der Waals surface area contributed by atoms with Crippen LogP contribution >= 0.6 is 22.9 Å². The van der Waals surface area contributed by atoms with Gasteiger partial charge in [0.1, 0.15) is 5.15 Å². The maximum Gasteiger partial charge on any atom is 0.145 e. The molecule has 5 heteroatoms. The van der Waals surface area contributed by atoms with E-state index in [1.807, 2.05) is 13.8 Å². The van der Waals surface area contributed by atoms with E-state index in [1.165, 1.54) is 11.3 Å². The van der Waals surface area contributed by atoms with Crippen LogP contribution in [-0.2, 0) is 0 Å². The molecule has 1 aromatic heterocycles. The van der Waals surface area contributed by atoms with Crippen LogP contribution in [0.3, 0.4) is 0 Å². The third-order valence-electron chi connectivity index (χ3n) is 2.06. The number of aliphatic hydroxyl groups excluding tert-OH is 1. The first-order chi connectivity index (χ1) is 5.99. The summed E-state index contributed by atoms with van der Waals surface area (Å²) < 4.78 is 0. The summed E-state index contributed by atoms with van der Waals surface area (Å²) >= 11 is 7.15. The second-order valence-corrected chi connectivity index (χ2v) is 4.85. The van der Waals surface area contributed by atoms with Crippen LogP contribution in [0, 0.1) is 5.41 Å². The van der Waals surface area contributed by atoms with Crippen LogP contribution in [0.25, 0.3) is 0 Å². The van der Waals surface area contributed by atoms with Gasteiger partial charge in [0.05, 0.1) is 16.5 Å². The van der Waals surface area contributed by atoms with Crippen molar-refractivity contribution in [1.29, 1.82) is 0 Å². The van der Waals surface area contributed by atoms with Gasteiger partial charge in [-0.15, -0.1) is 11.3 Å². The fraction of sp³-hybridized carbons (Fsp3) is 0.625. The van der Waals surface area contributed by atoms with Crippen LogP contribution in [-0.4, -0.2) is 16.6 Å². The number of aromatic nitrogens is 1. The van der Waals surface area contributed by atoms with E-state index in [4.69, 9.17) is 17.3 Å². The lowest BCUT2D eigenvalue weighted by Crippen LogP contribution is -2.30. The van der Waals surface area contributed by atoms with E-state index in [0.29, 0.717) is 16.6 Å². The Morgan fingerprint density at radius 1 is 1.77 bits per heavy atom. The number of hydrogen-bond acceptors (Lipinski definition) is 4. The number of aliphatic hydroxyl groups is 1. The molecule has 0 saturated heterocycles. The molecule has 0 fully saturated rings. The minimum Gasteiger partial charge on any atom is -0.387 e. The third kappa shape index (κ3) is 2.20. The topological polar surface area (TPSA) is 59.1 Å². The number of halogens is 1. The van der Waals surface area contributed by atoms with Crippen LogP contribution in [0.4, 0.5) is 0 Å². The fourth-order valence-electron chi connectivity index (χ4n) is 0.885. The molecular formula is C8H13ClN2OS. The van der Waals surface area contributed by atoms with Crippen molar-refractivity contribution in [3.63, 3.8) is 0 Å². The Bertz CT molecular complexity index is 287. The maximum absolute atomic E-state index is 9.92. The molecule has 0 amide bonds. The summed E-state index contributed by atoms with van der Waals surface area (Å²) in [5.74, 6) is 0. The fourth-order valence-corrected chi connectivity index (χ4v) is 2.10. The first-order valence-electron chi connectivity index (χ1n) is 3.96. The van der Waals surface area contributed by atoms with E-state index < -0.39 is 6.10 Å². The lowest BCUT2D eigenvalue weighted by molar-refractivity contribution is 0.0585. The Hall–Kier alpha value is -0.160. The summed E-state index contributed by atoms with van der Waals surface area (Å²) in [5.41, 5.74) is 6.80.